The molecule has 0 aromatic heterocycles. The first-order valence-corrected chi connectivity index (χ1v) is 8.87. The lowest BCUT2D eigenvalue weighted by molar-refractivity contribution is 0.154. The van der Waals surface area contributed by atoms with Crippen LogP contribution in [-0.4, -0.2) is 24.0 Å². The van der Waals surface area contributed by atoms with Gasteiger partial charge in [-0.05, 0) is 42.9 Å². The van der Waals surface area contributed by atoms with Gasteiger partial charge >= 0.3 is 0 Å². The predicted molar refractivity (Wildman–Crippen MR) is 89.2 cm³/mol. The molecule has 21 heavy (non-hydrogen) atoms. The highest BCUT2D eigenvalue weighted by atomic mass is 15.2. The van der Waals surface area contributed by atoms with Crippen molar-refractivity contribution in [3.8, 4) is 0 Å². The Morgan fingerprint density at radius 2 is 1.81 bits per heavy atom. The van der Waals surface area contributed by atoms with Crippen LogP contribution in [0.4, 0.5) is 0 Å². The number of hydrogen-bond acceptors (Lipinski definition) is 2. The van der Waals surface area contributed by atoms with E-state index in [9.17, 15) is 0 Å². The second-order valence-electron chi connectivity index (χ2n) is 6.97. The molecule has 0 radical (unpaired) electrons. The van der Waals surface area contributed by atoms with E-state index in [-0.39, 0.29) is 0 Å². The molecule has 2 aliphatic rings. The number of nitrogens with two attached hydrogens (primary N) is 1. The van der Waals surface area contributed by atoms with Crippen molar-refractivity contribution in [1.29, 1.82) is 0 Å². The van der Waals surface area contributed by atoms with Crippen LogP contribution in [0.3, 0.4) is 0 Å². The molecule has 1 aromatic rings. The van der Waals surface area contributed by atoms with Gasteiger partial charge < -0.3 is 5.73 Å². The molecule has 1 heterocycles. The van der Waals surface area contributed by atoms with Gasteiger partial charge in [0.05, 0.1) is 0 Å². The largest absolute Gasteiger partial charge is 0.329 e. The number of rotatable bonds is 4. The van der Waals surface area contributed by atoms with Gasteiger partial charge in [0.2, 0.25) is 0 Å². The maximum atomic E-state index is 6.15. The molecule has 1 fully saturated rings. The third-order valence-electron chi connectivity index (χ3n) is 5.50. The number of hydrogen-bond donors (Lipinski definition) is 1. The Kier molecular flexibility index (Phi) is 5.32. The average molecular weight is 286 g/mol. The van der Waals surface area contributed by atoms with E-state index in [4.69, 9.17) is 5.73 Å². The summed E-state index contributed by atoms with van der Waals surface area (Å²) in [6, 6.07) is 9.55. The van der Waals surface area contributed by atoms with Crippen molar-refractivity contribution in [3.05, 3.63) is 35.4 Å². The highest BCUT2D eigenvalue weighted by molar-refractivity contribution is 5.28. The number of nitrogens with zero attached hydrogens (tertiary/aromatic N) is 1. The van der Waals surface area contributed by atoms with Crippen LogP contribution in [0, 0.1) is 5.92 Å². The Morgan fingerprint density at radius 1 is 1.05 bits per heavy atom. The fourth-order valence-electron chi connectivity index (χ4n) is 4.24. The van der Waals surface area contributed by atoms with E-state index in [2.05, 4.69) is 29.2 Å². The lowest BCUT2D eigenvalue weighted by atomic mass is 9.84. The minimum atomic E-state index is 0.583. The zero-order chi connectivity index (χ0) is 14.5. The Balaban J connectivity index is 1.66. The smallest absolute Gasteiger partial charge is 0.0239 e. The molecule has 116 valence electrons. The quantitative estimate of drug-likeness (QED) is 0.914. The average Bonchev–Trinajstić information content (AvgIpc) is 2.76. The maximum absolute atomic E-state index is 6.15. The number of aryl methyl sites for hydroxylation is 1. The summed E-state index contributed by atoms with van der Waals surface area (Å²) in [6.45, 7) is 3.13. The summed E-state index contributed by atoms with van der Waals surface area (Å²) < 4.78 is 0. The summed E-state index contributed by atoms with van der Waals surface area (Å²) in [4.78, 5) is 2.67. The van der Waals surface area contributed by atoms with Crippen molar-refractivity contribution in [3.63, 3.8) is 0 Å². The highest BCUT2D eigenvalue weighted by Crippen LogP contribution is 2.29. The van der Waals surface area contributed by atoms with Gasteiger partial charge in [0.1, 0.15) is 0 Å². The van der Waals surface area contributed by atoms with Gasteiger partial charge in [0.15, 0.2) is 0 Å². The van der Waals surface area contributed by atoms with Gasteiger partial charge in [-0.1, -0.05) is 56.4 Å². The third kappa shape index (κ3) is 3.87. The monoisotopic (exact) mass is 286 g/mol. The molecule has 2 N–H and O–H groups in total. The van der Waals surface area contributed by atoms with Crippen LogP contribution < -0.4 is 5.73 Å². The maximum Gasteiger partial charge on any atom is 0.0239 e. The molecular weight excluding hydrogens is 256 g/mol. The first-order valence-electron chi connectivity index (χ1n) is 8.87. The molecule has 1 aliphatic carbocycles. The first kappa shape index (κ1) is 15.1. The lowest BCUT2D eigenvalue weighted by Crippen LogP contribution is -2.41. The van der Waals surface area contributed by atoms with Gasteiger partial charge in [-0.3, -0.25) is 4.90 Å². The third-order valence-corrected chi connectivity index (χ3v) is 5.50. The van der Waals surface area contributed by atoms with E-state index in [1.54, 1.807) is 5.56 Å². The molecule has 1 aliphatic heterocycles. The summed E-state index contributed by atoms with van der Waals surface area (Å²) in [5.41, 5.74) is 9.22. The van der Waals surface area contributed by atoms with E-state index in [0.29, 0.717) is 6.04 Å². The van der Waals surface area contributed by atoms with Gasteiger partial charge in [0.25, 0.3) is 0 Å². The van der Waals surface area contributed by atoms with E-state index >= 15 is 0 Å². The second-order valence-corrected chi connectivity index (χ2v) is 6.97. The molecular formula is C19H30N2. The van der Waals surface area contributed by atoms with Gasteiger partial charge in [-0.15, -0.1) is 0 Å². The Hall–Kier alpha value is -0.860. The SMILES string of the molecule is NCC(CC1CCCCC1)N1CCCc2ccccc2C1. The topological polar surface area (TPSA) is 29.3 Å². The van der Waals surface area contributed by atoms with Gasteiger partial charge in [0, 0.05) is 19.1 Å². The summed E-state index contributed by atoms with van der Waals surface area (Å²) in [7, 11) is 0. The van der Waals surface area contributed by atoms with E-state index in [0.717, 1.165) is 19.0 Å². The normalized spacial score (nSPS) is 22.5. The fraction of sp³-hybridized carbons (Fsp3) is 0.684. The summed E-state index contributed by atoms with van der Waals surface area (Å²) >= 11 is 0. The molecule has 0 amide bonds. The van der Waals surface area contributed by atoms with Crippen molar-refractivity contribution < 1.29 is 0 Å². The van der Waals surface area contributed by atoms with Crippen LogP contribution in [0.5, 0.6) is 0 Å². The van der Waals surface area contributed by atoms with Crippen LogP contribution in [0.25, 0.3) is 0 Å². The molecule has 1 atom stereocenters. The fourth-order valence-corrected chi connectivity index (χ4v) is 4.24. The molecule has 1 aromatic carbocycles. The minimum Gasteiger partial charge on any atom is -0.329 e. The zero-order valence-corrected chi connectivity index (χ0v) is 13.3. The van der Waals surface area contributed by atoms with Crippen LogP contribution in [-0.2, 0) is 13.0 Å². The summed E-state index contributed by atoms with van der Waals surface area (Å²) in [5.74, 6) is 0.922. The molecule has 0 spiro atoms. The van der Waals surface area contributed by atoms with Crippen molar-refractivity contribution in [1.82, 2.24) is 4.90 Å². The van der Waals surface area contributed by atoms with Crippen LogP contribution in [0.15, 0.2) is 24.3 Å². The van der Waals surface area contributed by atoms with E-state index in [1.807, 2.05) is 0 Å². The Bertz CT molecular complexity index is 437. The Morgan fingerprint density at radius 3 is 2.57 bits per heavy atom. The summed E-state index contributed by atoms with van der Waals surface area (Å²) in [6.07, 6.45) is 11.0. The van der Waals surface area contributed by atoms with Gasteiger partial charge in [-0.25, -0.2) is 0 Å². The highest BCUT2D eigenvalue weighted by Gasteiger charge is 2.24. The van der Waals surface area contributed by atoms with E-state index in [1.165, 1.54) is 63.5 Å². The standard InChI is InChI=1S/C19H30N2/c20-14-19(13-16-7-2-1-3-8-16)21-12-6-11-17-9-4-5-10-18(17)15-21/h4-5,9-10,16,19H,1-3,6-8,11-15,20H2. The molecule has 2 heteroatoms. The number of fused-ring (bicyclic) bond motifs is 1. The van der Waals surface area contributed by atoms with Crippen LogP contribution in [0.1, 0.15) is 56.1 Å². The van der Waals surface area contributed by atoms with Crippen molar-refractivity contribution >= 4 is 0 Å². The molecule has 2 nitrogen and oxygen atoms in total. The molecule has 1 unspecified atom stereocenters. The van der Waals surface area contributed by atoms with Crippen molar-refractivity contribution in [2.75, 3.05) is 13.1 Å². The van der Waals surface area contributed by atoms with Crippen LogP contribution in [0.2, 0.25) is 0 Å². The Labute approximate surface area is 129 Å². The lowest BCUT2D eigenvalue weighted by Gasteiger charge is -2.34. The molecule has 0 saturated heterocycles. The second kappa shape index (κ2) is 7.42. The zero-order valence-electron chi connectivity index (χ0n) is 13.3. The van der Waals surface area contributed by atoms with E-state index < -0.39 is 0 Å². The molecule has 1 saturated carbocycles. The van der Waals surface area contributed by atoms with Crippen molar-refractivity contribution in [2.45, 2.75) is 64.0 Å². The van der Waals surface area contributed by atoms with Gasteiger partial charge in [-0.2, -0.15) is 0 Å². The summed E-state index contributed by atoms with van der Waals surface area (Å²) in [5, 5.41) is 0. The number of benzene rings is 1. The molecule has 3 rings (SSSR count). The predicted octanol–water partition coefficient (Wildman–Crippen LogP) is 3.73. The van der Waals surface area contributed by atoms with Crippen molar-refractivity contribution in [2.24, 2.45) is 11.7 Å². The molecule has 0 bridgehead atoms. The van der Waals surface area contributed by atoms with Crippen LogP contribution >= 0.6 is 0 Å². The minimum absolute atomic E-state index is 0.583. The first-order chi connectivity index (χ1) is 10.4.